The van der Waals surface area contributed by atoms with E-state index in [1.807, 2.05) is 0 Å². The quantitative estimate of drug-likeness (QED) is 0.709. The molecule has 0 aromatic carbocycles. The zero-order valence-corrected chi connectivity index (χ0v) is 9.02. The van der Waals surface area contributed by atoms with Crippen molar-refractivity contribution in [3.05, 3.63) is 36.8 Å². The Bertz CT molecular complexity index is 288. The Hall–Kier alpha value is -1.06. The molecular weight excluding hydrogens is 192 g/mol. The number of hydrogen-bond acceptors (Lipinski definition) is 3. The second-order valence-electron chi connectivity index (χ2n) is 4.10. The first-order chi connectivity index (χ1) is 7.05. The Morgan fingerprint density at radius 3 is 2.93 bits per heavy atom. The summed E-state index contributed by atoms with van der Waals surface area (Å²) in [5, 5.41) is 19.6. The molecule has 0 fully saturated rings. The average Bonchev–Trinajstić information content (AvgIpc) is 2.67. The topological polar surface area (TPSA) is 53.6 Å². The number of hydrogen-bond donors (Lipinski definition) is 2. The Morgan fingerprint density at radius 1 is 1.67 bits per heavy atom. The molecular formula is C12H18O3. The van der Waals surface area contributed by atoms with Crippen LogP contribution in [-0.4, -0.2) is 15.8 Å². The monoisotopic (exact) mass is 210 g/mol. The van der Waals surface area contributed by atoms with Crippen LogP contribution in [-0.2, 0) is 0 Å². The molecule has 0 aliphatic heterocycles. The minimum absolute atomic E-state index is 0.514. The molecule has 1 rings (SSSR count). The van der Waals surface area contributed by atoms with Gasteiger partial charge in [0, 0.05) is 5.56 Å². The zero-order valence-electron chi connectivity index (χ0n) is 9.02. The molecule has 0 spiro atoms. The molecule has 1 unspecified atom stereocenters. The van der Waals surface area contributed by atoms with Crippen LogP contribution in [0.25, 0.3) is 0 Å². The summed E-state index contributed by atoms with van der Waals surface area (Å²) in [6, 6.07) is 1.73. The first-order valence-electron chi connectivity index (χ1n) is 5.08. The van der Waals surface area contributed by atoms with Crippen LogP contribution in [0.4, 0.5) is 0 Å². The largest absolute Gasteiger partial charge is 0.472 e. The Balaban J connectivity index is 2.40. The van der Waals surface area contributed by atoms with E-state index in [0.29, 0.717) is 19.3 Å². The summed E-state index contributed by atoms with van der Waals surface area (Å²) >= 11 is 0. The van der Waals surface area contributed by atoms with Crippen molar-refractivity contribution in [3.63, 3.8) is 0 Å². The Morgan fingerprint density at radius 2 is 2.40 bits per heavy atom. The van der Waals surface area contributed by atoms with Crippen molar-refractivity contribution >= 4 is 0 Å². The van der Waals surface area contributed by atoms with Crippen LogP contribution < -0.4 is 0 Å². The van der Waals surface area contributed by atoms with Crippen LogP contribution in [0.3, 0.4) is 0 Å². The molecule has 3 nitrogen and oxygen atoms in total. The molecule has 2 N–H and O–H groups in total. The van der Waals surface area contributed by atoms with E-state index in [2.05, 4.69) is 6.58 Å². The van der Waals surface area contributed by atoms with E-state index in [4.69, 9.17) is 4.42 Å². The highest BCUT2D eigenvalue weighted by atomic mass is 16.3. The van der Waals surface area contributed by atoms with Crippen molar-refractivity contribution in [2.75, 3.05) is 0 Å². The third-order valence-corrected chi connectivity index (χ3v) is 2.47. The summed E-state index contributed by atoms with van der Waals surface area (Å²) in [6.45, 7) is 5.33. The summed E-state index contributed by atoms with van der Waals surface area (Å²) in [5.74, 6) is 0. The number of rotatable bonds is 6. The second kappa shape index (κ2) is 5.14. The van der Waals surface area contributed by atoms with Gasteiger partial charge in [-0.25, -0.2) is 0 Å². The lowest BCUT2D eigenvalue weighted by molar-refractivity contribution is 0.0344. The molecule has 1 aromatic rings. The first kappa shape index (κ1) is 12.0. The van der Waals surface area contributed by atoms with Crippen molar-refractivity contribution in [2.45, 2.75) is 37.9 Å². The van der Waals surface area contributed by atoms with Crippen LogP contribution in [0.2, 0.25) is 0 Å². The lowest BCUT2D eigenvalue weighted by atomic mass is 9.93. The molecule has 0 saturated carbocycles. The van der Waals surface area contributed by atoms with Gasteiger partial charge >= 0.3 is 0 Å². The highest BCUT2D eigenvalue weighted by molar-refractivity contribution is 5.09. The molecule has 1 heterocycles. The number of aliphatic hydroxyl groups excluding tert-OH is 1. The molecule has 0 aliphatic carbocycles. The third kappa shape index (κ3) is 3.90. The molecule has 1 aromatic heterocycles. The van der Waals surface area contributed by atoms with E-state index in [1.165, 1.54) is 12.5 Å². The predicted octanol–water partition coefficient (Wildman–Crippen LogP) is 2.42. The van der Waals surface area contributed by atoms with E-state index in [-0.39, 0.29) is 0 Å². The first-order valence-corrected chi connectivity index (χ1v) is 5.08. The maximum Gasteiger partial charge on any atom is 0.0960 e. The van der Waals surface area contributed by atoms with Gasteiger partial charge in [0.15, 0.2) is 0 Å². The zero-order chi connectivity index (χ0) is 11.3. The molecule has 0 bridgehead atoms. The highest BCUT2D eigenvalue weighted by Gasteiger charge is 2.20. The van der Waals surface area contributed by atoms with Crippen LogP contribution >= 0.6 is 0 Å². The fraction of sp³-hybridized carbons (Fsp3) is 0.500. The standard InChI is InChI=1S/C12H18O3/c1-3-6-12(2,14)7-4-11(13)10-5-8-15-9-10/h3,5,8-9,11,13-14H,1,4,6-7H2,2H3/t11?,12-/m1/s1. The summed E-state index contributed by atoms with van der Waals surface area (Å²) in [5.41, 5.74) is -0.0312. The average molecular weight is 210 g/mol. The summed E-state index contributed by atoms with van der Waals surface area (Å²) in [4.78, 5) is 0. The normalized spacial score (nSPS) is 17.0. The Labute approximate surface area is 90.0 Å². The molecule has 2 atom stereocenters. The van der Waals surface area contributed by atoms with E-state index < -0.39 is 11.7 Å². The van der Waals surface area contributed by atoms with Gasteiger partial charge in [0.05, 0.1) is 24.2 Å². The van der Waals surface area contributed by atoms with Crippen LogP contribution in [0.1, 0.15) is 37.9 Å². The van der Waals surface area contributed by atoms with E-state index >= 15 is 0 Å². The maximum absolute atomic E-state index is 9.86. The lowest BCUT2D eigenvalue weighted by Crippen LogP contribution is -2.23. The minimum Gasteiger partial charge on any atom is -0.472 e. The van der Waals surface area contributed by atoms with Gasteiger partial charge in [-0.15, -0.1) is 6.58 Å². The van der Waals surface area contributed by atoms with E-state index in [9.17, 15) is 10.2 Å². The van der Waals surface area contributed by atoms with Gasteiger partial charge in [-0.2, -0.15) is 0 Å². The lowest BCUT2D eigenvalue weighted by Gasteiger charge is -2.22. The molecule has 84 valence electrons. The van der Waals surface area contributed by atoms with Crippen molar-refractivity contribution in [1.29, 1.82) is 0 Å². The van der Waals surface area contributed by atoms with Crippen molar-refractivity contribution < 1.29 is 14.6 Å². The number of aliphatic hydroxyl groups is 2. The van der Waals surface area contributed by atoms with Gasteiger partial charge in [0.1, 0.15) is 0 Å². The van der Waals surface area contributed by atoms with Gasteiger partial charge in [-0.3, -0.25) is 0 Å². The van der Waals surface area contributed by atoms with E-state index in [0.717, 1.165) is 5.56 Å². The molecule has 0 saturated heterocycles. The van der Waals surface area contributed by atoms with Gasteiger partial charge < -0.3 is 14.6 Å². The number of furan rings is 1. The van der Waals surface area contributed by atoms with Crippen molar-refractivity contribution in [2.24, 2.45) is 0 Å². The molecule has 15 heavy (non-hydrogen) atoms. The van der Waals surface area contributed by atoms with Crippen molar-refractivity contribution in [1.82, 2.24) is 0 Å². The molecule has 0 amide bonds. The van der Waals surface area contributed by atoms with Crippen LogP contribution in [0.15, 0.2) is 35.7 Å². The maximum atomic E-state index is 9.86. The van der Waals surface area contributed by atoms with Gasteiger partial charge in [0.2, 0.25) is 0 Å². The van der Waals surface area contributed by atoms with E-state index in [1.54, 1.807) is 19.1 Å². The second-order valence-corrected chi connectivity index (χ2v) is 4.10. The van der Waals surface area contributed by atoms with Crippen LogP contribution in [0.5, 0.6) is 0 Å². The smallest absolute Gasteiger partial charge is 0.0960 e. The van der Waals surface area contributed by atoms with Crippen LogP contribution in [0, 0.1) is 0 Å². The van der Waals surface area contributed by atoms with Gasteiger partial charge in [-0.05, 0) is 32.3 Å². The Kier molecular flexibility index (Phi) is 4.12. The minimum atomic E-state index is -0.785. The highest BCUT2D eigenvalue weighted by Crippen LogP contribution is 2.24. The molecule has 3 heteroatoms. The summed E-state index contributed by atoms with van der Waals surface area (Å²) < 4.78 is 4.88. The predicted molar refractivity (Wildman–Crippen MR) is 58.3 cm³/mol. The summed E-state index contributed by atoms with van der Waals surface area (Å²) in [7, 11) is 0. The van der Waals surface area contributed by atoms with Gasteiger partial charge in [-0.1, -0.05) is 6.08 Å². The fourth-order valence-electron chi connectivity index (χ4n) is 1.49. The fourth-order valence-corrected chi connectivity index (χ4v) is 1.49. The third-order valence-electron chi connectivity index (χ3n) is 2.47. The van der Waals surface area contributed by atoms with Crippen molar-refractivity contribution in [3.8, 4) is 0 Å². The molecule has 0 aliphatic rings. The molecule has 0 radical (unpaired) electrons. The SMILES string of the molecule is C=CC[C@@](C)(O)CCC(O)c1ccoc1. The summed E-state index contributed by atoms with van der Waals surface area (Å²) in [6.07, 6.45) is 5.74. The van der Waals surface area contributed by atoms with Gasteiger partial charge in [0.25, 0.3) is 0 Å².